The Balaban J connectivity index is 1.77. The Morgan fingerprint density at radius 1 is 1.16 bits per heavy atom. The second-order valence-electron chi connectivity index (χ2n) is 5.98. The van der Waals surface area contributed by atoms with Crippen LogP contribution in [0.4, 0.5) is 20.4 Å². The van der Waals surface area contributed by atoms with Gasteiger partial charge in [-0.1, -0.05) is 6.07 Å². The number of amides is 1. The van der Waals surface area contributed by atoms with Gasteiger partial charge in [0.05, 0.1) is 12.4 Å². The van der Waals surface area contributed by atoms with Crippen LogP contribution in [0, 0.1) is 11.6 Å². The second-order valence-corrected chi connectivity index (χ2v) is 5.98. The Labute approximate surface area is 144 Å². The van der Waals surface area contributed by atoms with Gasteiger partial charge in [-0.2, -0.15) is 0 Å². The first-order valence-electron chi connectivity index (χ1n) is 8.01. The molecule has 2 N–H and O–H groups in total. The Bertz CT molecular complexity index is 745. The predicted octanol–water partition coefficient (Wildman–Crippen LogP) is 1.95. The number of halogens is 2. The fraction of sp³-hybridized carbons (Fsp3) is 0.353. The summed E-state index contributed by atoms with van der Waals surface area (Å²) in [7, 11) is 1.58. The number of aromatic nitrogens is 2. The lowest BCUT2D eigenvalue weighted by Gasteiger charge is -2.41. The standard InChI is InChI=1S/C17H19F2N5O/c1-20-15(25)17(23-14-4-2-3-12(18)9-14)5-7-24(8-6-17)16-21-10-13(19)11-22-16/h2-4,9-11,23H,5-8H2,1H3,(H,20,25). The Morgan fingerprint density at radius 3 is 2.44 bits per heavy atom. The van der Waals surface area contributed by atoms with Crippen LogP contribution in [-0.2, 0) is 4.79 Å². The number of carbonyl (C=O) groups excluding carboxylic acids is 1. The lowest BCUT2D eigenvalue weighted by molar-refractivity contribution is -0.125. The summed E-state index contributed by atoms with van der Waals surface area (Å²) in [5, 5.41) is 5.87. The predicted molar refractivity (Wildman–Crippen MR) is 90.3 cm³/mol. The summed E-state index contributed by atoms with van der Waals surface area (Å²) in [4.78, 5) is 22.4. The summed E-state index contributed by atoms with van der Waals surface area (Å²) < 4.78 is 26.4. The van der Waals surface area contributed by atoms with Gasteiger partial charge >= 0.3 is 0 Å². The molecular weight excluding hydrogens is 328 g/mol. The Hall–Kier alpha value is -2.77. The number of likely N-dealkylation sites (N-methyl/N-ethyl adjacent to an activating group) is 1. The van der Waals surface area contributed by atoms with Crippen LogP contribution in [0.2, 0.25) is 0 Å². The smallest absolute Gasteiger partial charge is 0.245 e. The van der Waals surface area contributed by atoms with Crippen LogP contribution in [0.15, 0.2) is 36.7 Å². The molecule has 1 aromatic carbocycles. The molecule has 2 heterocycles. The van der Waals surface area contributed by atoms with Gasteiger partial charge < -0.3 is 15.5 Å². The van der Waals surface area contributed by atoms with E-state index in [4.69, 9.17) is 0 Å². The summed E-state index contributed by atoms with van der Waals surface area (Å²) >= 11 is 0. The van der Waals surface area contributed by atoms with E-state index in [1.807, 2.05) is 4.90 Å². The number of hydrogen-bond donors (Lipinski definition) is 2. The van der Waals surface area contributed by atoms with Crippen LogP contribution in [0.3, 0.4) is 0 Å². The van der Waals surface area contributed by atoms with Crippen LogP contribution < -0.4 is 15.5 Å². The summed E-state index contributed by atoms with van der Waals surface area (Å²) in [5.41, 5.74) is -0.297. The summed E-state index contributed by atoms with van der Waals surface area (Å²) in [6.07, 6.45) is 3.19. The summed E-state index contributed by atoms with van der Waals surface area (Å²) in [6, 6.07) is 6.03. The molecule has 0 bridgehead atoms. The van der Waals surface area contributed by atoms with E-state index >= 15 is 0 Å². The highest BCUT2D eigenvalue weighted by Crippen LogP contribution is 2.29. The number of anilines is 2. The maximum absolute atomic E-state index is 13.4. The Kier molecular flexibility index (Phi) is 4.78. The lowest BCUT2D eigenvalue weighted by atomic mass is 9.86. The van der Waals surface area contributed by atoms with Gasteiger partial charge in [-0.05, 0) is 31.0 Å². The van der Waals surface area contributed by atoms with E-state index in [2.05, 4.69) is 20.6 Å². The first-order valence-corrected chi connectivity index (χ1v) is 8.01. The number of nitrogens with zero attached hydrogens (tertiary/aromatic N) is 3. The molecular formula is C17H19F2N5O. The van der Waals surface area contributed by atoms with E-state index in [0.29, 0.717) is 37.6 Å². The summed E-state index contributed by atoms with van der Waals surface area (Å²) in [6.45, 7) is 1.03. The van der Waals surface area contributed by atoms with Gasteiger partial charge in [0.1, 0.15) is 11.4 Å². The third-order valence-electron chi connectivity index (χ3n) is 4.38. The van der Waals surface area contributed by atoms with Crippen molar-refractivity contribution in [2.24, 2.45) is 0 Å². The monoisotopic (exact) mass is 347 g/mol. The van der Waals surface area contributed by atoms with E-state index in [1.54, 1.807) is 19.2 Å². The highest BCUT2D eigenvalue weighted by atomic mass is 19.1. The topological polar surface area (TPSA) is 70.2 Å². The molecule has 2 aromatic rings. The number of carbonyl (C=O) groups is 1. The highest BCUT2D eigenvalue weighted by molar-refractivity contribution is 5.89. The van der Waals surface area contributed by atoms with Crippen molar-refractivity contribution >= 4 is 17.5 Å². The molecule has 3 rings (SSSR count). The first kappa shape index (κ1) is 17.1. The van der Waals surface area contributed by atoms with Crippen LogP contribution in [0.5, 0.6) is 0 Å². The van der Waals surface area contributed by atoms with Crippen molar-refractivity contribution < 1.29 is 13.6 Å². The van der Waals surface area contributed by atoms with Gasteiger partial charge in [0.2, 0.25) is 11.9 Å². The van der Waals surface area contributed by atoms with E-state index in [1.165, 1.54) is 12.1 Å². The molecule has 0 unspecified atom stereocenters. The molecule has 1 fully saturated rings. The molecule has 8 heteroatoms. The third kappa shape index (κ3) is 3.67. The van der Waals surface area contributed by atoms with Gasteiger partial charge in [-0.15, -0.1) is 0 Å². The molecule has 1 amide bonds. The van der Waals surface area contributed by atoms with Gasteiger partial charge in [0.15, 0.2) is 5.82 Å². The van der Waals surface area contributed by atoms with E-state index in [9.17, 15) is 13.6 Å². The van der Waals surface area contributed by atoms with E-state index in [-0.39, 0.29) is 11.7 Å². The van der Waals surface area contributed by atoms with Crippen molar-refractivity contribution in [1.82, 2.24) is 15.3 Å². The third-order valence-corrected chi connectivity index (χ3v) is 4.38. The van der Waals surface area contributed by atoms with E-state index in [0.717, 1.165) is 12.4 Å². The number of hydrogen-bond acceptors (Lipinski definition) is 5. The molecule has 1 aliphatic heterocycles. The highest BCUT2D eigenvalue weighted by Gasteiger charge is 2.41. The molecule has 6 nitrogen and oxygen atoms in total. The van der Waals surface area contributed by atoms with Crippen molar-refractivity contribution in [2.45, 2.75) is 18.4 Å². The van der Waals surface area contributed by atoms with Crippen molar-refractivity contribution in [2.75, 3.05) is 30.4 Å². The molecule has 0 radical (unpaired) electrons. The van der Waals surface area contributed by atoms with Crippen molar-refractivity contribution in [3.8, 4) is 0 Å². The quantitative estimate of drug-likeness (QED) is 0.885. The molecule has 0 aliphatic carbocycles. The van der Waals surface area contributed by atoms with Crippen LogP contribution in [0.25, 0.3) is 0 Å². The average molecular weight is 347 g/mol. The minimum absolute atomic E-state index is 0.156. The normalized spacial score (nSPS) is 16.4. The number of benzene rings is 1. The van der Waals surface area contributed by atoms with Crippen LogP contribution in [0.1, 0.15) is 12.8 Å². The maximum Gasteiger partial charge on any atom is 0.245 e. The first-order chi connectivity index (χ1) is 12.0. The van der Waals surface area contributed by atoms with Gasteiger partial charge in [-0.25, -0.2) is 18.7 Å². The molecule has 0 spiro atoms. The van der Waals surface area contributed by atoms with Crippen molar-refractivity contribution in [3.05, 3.63) is 48.3 Å². The lowest BCUT2D eigenvalue weighted by Crippen LogP contribution is -2.58. The molecule has 1 saturated heterocycles. The fourth-order valence-corrected chi connectivity index (χ4v) is 3.05. The molecule has 1 aliphatic rings. The van der Waals surface area contributed by atoms with E-state index < -0.39 is 11.4 Å². The minimum Gasteiger partial charge on any atom is -0.371 e. The zero-order valence-electron chi connectivity index (χ0n) is 13.8. The van der Waals surface area contributed by atoms with Gasteiger partial charge in [-0.3, -0.25) is 4.79 Å². The van der Waals surface area contributed by atoms with Crippen LogP contribution >= 0.6 is 0 Å². The zero-order chi connectivity index (χ0) is 17.9. The SMILES string of the molecule is CNC(=O)C1(Nc2cccc(F)c2)CCN(c2ncc(F)cn2)CC1. The fourth-order valence-electron chi connectivity index (χ4n) is 3.05. The molecule has 1 aromatic heterocycles. The summed E-state index contributed by atoms with van der Waals surface area (Å²) in [5.74, 6) is -0.587. The number of nitrogens with one attached hydrogen (secondary N) is 2. The minimum atomic E-state index is -0.848. The van der Waals surface area contributed by atoms with Gasteiger partial charge in [0, 0.05) is 25.8 Å². The molecule has 0 saturated carbocycles. The van der Waals surface area contributed by atoms with Crippen LogP contribution in [-0.4, -0.2) is 41.6 Å². The van der Waals surface area contributed by atoms with Crippen molar-refractivity contribution in [1.29, 1.82) is 0 Å². The van der Waals surface area contributed by atoms with Crippen molar-refractivity contribution in [3.63, 3.8) is 0 Å². The maximum atomic E-state index is 13.4. The molecule has 132 valence electrons. The zero-order valence-corrected chi connectivity index (χ0v) is 13.8. The number of piperidine rings is 1. The molecule has 0 atom stereocenters. The average Bonchev–Trinajstić information content (AvgIpc) is 2.62. The second kappa shape index (κ2) is 7.00. The Morgan fingerprint density at radius 2 is 1.84 bits per heavy atom. The molecule has 25 heavy (non-hydrogen) atoms. The van der Waals surface area contributed by atoms with Gasteiger partial charge in [0.25, 0.3) is 0 Å². The number of rotatable bonds is 4. The largest absolute Gasteiger partial charge is 0.371 e.